The Morgan fingerprint density at radius 2 is 1.82 bits per heavy atom. The highest BCUT2D eigenvalue weighted by Crippen LogP contribution is 2.71. The van der Waals surface area contributed by atoms with Crippen molar-refractivity contribution in [3.05, 3.63) is 34.9 Å². The summed E-state index contributed by atoms with van der Waals surface area (Å²) in [4.78, 5) is 23.8. The maximum absolute atomic E-state index is 12.7. The van der Waals surface area contributed by atoms with Crippen LogP contribution in [-0.4, -0.2) is 16.9 Å². The van der Waals surface area contributed by atoms with Gasteiger partial charge in [-0.1, -0.05) is 64.8 Å². The van der Waals surface area contributed by atoms with Gasteiger partial charge in [0.05, 0.1) is 0 Å². The minimum absolute atomic E-state index is 0.0121. The Bertz CT molecular complexity index is 950. The van der Waals surface area contributed by atoms with Crippen molar-refractivity contribution in [2.45, 2.75) is 99.8 Å². The van der Waals surface area contributed by atoms with Crippen molar-refractivity contribution < 1.29 is 14.7 Å². The Kier molecular flexibility index (Phi) is 5.90. The summed E-state index contributed by atoms with van der Waals surface area (Å²) in [7, 11) is 0. The molecular weight excluding hydrogens is 408 g/mol. The molecule has 0 amide bonds. The monoisotopic (exact) mass is 452 g/mol. The van der Waals surface area contributed by atoms with E-state index in [1.54, 1.807) is 18.1 Å². The summed E-state index contributed by atoms with van der Waals surface area (Å²) in [5, 5.41) is 9.15. The second-order valence-corrected chi connectivity index (χ2v) is 12.9. The number of aliphatic carboxylic acids is 1. The van der Waals surface area contributed by atoms with Crippen LogP contribution in [0.5, 0.6) is 0 Å². The van der Waals surface area contributed by atoms with Gasteiger partial charge in [-0.25, -0.2) is 4.79 Å². The van der Waals surface area contributed by atoms with E-state index >= 15 is 0 Å². The predicted molar refractivity (Wildman–Crippen MR) is 134 cm³/mol. The molecule has 0 heterocycles. The zero-order valence-corrected chi connectivity index (χ0v) is 21.9. The lowest BCUT2D eigenvalue weighted by molar-refractivity contribution is -0.132. The highest BCUT2D eigenvalue weighted by Gasteiger charge is 2.62. The van der Waals surface area contributed by atoms with Crippen molar-refractivity contribution in [3.63, 3.8) is 0 Å². The number of ketones is 1. The SMILES string of the molecule is C/C(=C\CC[C@@H](C)[C@@H]1CC[C@]2(C)C3=C(CC[C@@]12C)[C@@]1(C)C=CC(=O)C(C)(C)[C@@H]1CC3)C(=O)O. The normalized spacial score (nSPS) is 40.8. The van der Waals surface area contributed by atoms with Crippen LogP contribution in [0.25, 0.3) is 0 Å². The summed E-state index contributed by atoms with van der Waals surface area (Å²) < 4.78 is 0. The van der Waals surface area contributed by atoms with E-state index in [1.165, 1.54) is 19.3 Å². The van der Waals surface area contributed by atoms with Gasteiger partial charge in [0, 0.05) is 16.4 Å². The van der Waals surface area contributed by atoms with E-state index in [0.29, 0.717) is 34.5 Å². The highest BCUT2D eigenvalue weighted by molar-refractivity contribution is 5.96. The van der Waals surface area contributed by atoms with E-state index < -0.39 is 5.97 Å². The molecule has 3 nitrogen and oxygen atoms in total. The fourth-order valence-corrected chi connectivity index (χ4v) is 8.83. The quantitative estimate of drug-likeness (QED) is 0.346. The van der Waals surface area contributed by atoms with E-state index in [4.69, 9.17) is 5.11 Å². The number of carbonyl (C=O) groups excluding carboxylic acids is 1. The van der Waals surface area contributed by atoms with Gasteiger partial charge in [0.25, 0.3) is 0 Å². The fraction of sp³-hybridized carbons (Fsp3) is 0.733. The van der Waals surface area contributed by atoms with Crippen molar-refractivity contribution >= 4 is 11.8 Å². The number of carboxylic acid groups (broad SMARTS) is 1. The lowest BCUT2D eigenvalue weighted by Crippen LogP contribution is -2.52. The lowest BCUT2D eigenvalue weighted by atomic mass is 9.44. The fourth-order valence-electron chi connectivity index (χ4n) is 8.83. The van der Waals surface area contributed by atoms with Crippen LogP contribution in [0, 0.1) is 39.4 Å². The zero-order valence-electron chi connectivity index (χ0n) is 21.9. The van der Waals surface area contributed by atoms with Crippen LogP contribution >= 0.6 is 0 Å². The molecule has 33 heavy (non-hydrogen) atoms. The second-order valence-electron chi connectivity index (χ2n) is 12.9. The minimum Gasteiger partial charge on any atom is -0.478 e. The molecule has 1 N–H and O–H groups in total. The maximum atomic E-state index is 12.7. The van der Waals surface area contributed by atoms with Crippen LogP contribution in [0.15, 0.2) is 34.9 Å². The van der Waals surface area contributed by atoms with Gasteiger partial charge < -0.3 is 5.11 Å². The molecule has 6 atom stereocenters. The second kappa shape index (κ2) is 7.95. The molecule has 4 aliphatic carbocycles. The third kappa shape index (κ3) is 3.43. The summed E-state index contributed by atoms with van der Waals surface area (Å²) in [5.41, 5.74) is 4.11. The molecule has 3 heteroatoms. The van der Waals surface area contributed by atoms with Crippen LogP contribution in [0.3, 0.4) is 0 Å². The highest BCUT2D eigenvalue weighted by atomic mass is 16.4. The number of carbonyl (C=O) groups is 2. The molecule has 0 unspecified atom stereocenters. The van der Waals surface area contributed by atoms with Crippen LogP contribution in [0.1, 0.15) is 99.8 Å². The summed E-state index contributed by atoms with van der Waals surface area (Å²) in [5.74, 6) is 1.16. The largest absolute Gasteiger partial charge is 0.478 e. The van der Waals surface area contributed by atoms with Gasteiger partial charge >= 0.3 is 5.97 Å². The first-order valence-electron chi connectivity index (χ1n) is 13.2. The smallest absolute Gasteiger partial charge is 0.330 e. The number of rotatable bonds is 5. The molecule has 4 aliphatic rings. The van der Waals surface area contributed by atoms with Gasteiger partial charge in [-0.3, -0.25) is 4.79 Å². The van der Waals surface area contributed by atoms with E-state index in [-0.39, 0.29) is 16.2 Å². The van der Waals surface area contributed by atoms with Crippen LogP contribution in [-0.2, 0) is 9.59 Å². The van der Waals surface area contributed by atoms with Crippen molar-refractivity contribution in [2.75, 3.05) is 0 Å². The average Bonchev–Trinajstić information content (AvgIpc) is 3.02. The lowest BCUT2D eigenvalue weighted by Gasteiger charge is -2.59. The zero-order chi connectivity index (χ0) is 24.4. The van der Waals surface area contributed by atoms with E-state index in [9.17, 15) is 9.59 Å². The molecule has 0 aromatic rings. The first-order valence-corrected chi connectivity index (χ1v) is 13.2. The van der Waals surface area contributed by atoms with Crippen molar-refractivity contribution in [2.24, 2.45) is 39.4 Å². The number of allylic oxidation sites excluding steroid dienone is 5. The molecule has 182 valence electrons. The van der Waals surface area contributed by atoms with Gasteiger partial charge in [-0.15, -0.1) is 0 Å². The Morgan fingerprint density at radius 3 is 2.48 bits per heavy atom. The molecule has 0 aromatic carbocycles. The molecule has 4 rings (SSSR count). The van der Waals surface area contributed by atoms with E-state index in [1.807, 2.05) is 12.2 Å². The average molecular weight is 453 g/mol. The molecule has 1 fully saturated rings. The number of carboxylic acids is 1. The number of hydrogen-bond acceptors (Lipinski definition) is 2. The van der Waals surface area contributed by atoms with Crippen LogP contribution in [0.4, 0.5) is 0 Å². The van der Waals surface area contributed by atoms with Gasteiger partial charge in [0.15, 0.2) is 5.78 Å². The van der Waals surface area contributed by atoms with E-state index in [0.717, 1.165) is 32.1 Å². The summed E-state index contributed by atoms with van der Waals surface area (Å²) >= 11 is 0. The van der Waals surface area contributed by atoms with Crippen LogP contribution < -0.4 is 0 Å². The van der Waals surface area contributed by atoms with Crippen LogP contribution in [0.2, 0.25) is 0 Å². The standard InChI is InChI=1S/C30H44O3/c1-19(9-8-10-20(2)26(32)33)21-13-17-30(7)23-11-12-24-27(3,4)25(31)15-16-28(24,5)22(23)14-18-29(21,30)6/h10,15-16,19,21,24H,8-9,11-14,17-18H2,1-7H3,(H,32,33)/b20-10+/t19-,21+,24+,28-,29+,30-/m1/s1. The topological polar surface area (TPSA) is 54.4 Å². The molecule has 0 aromatic heterocycles. The Labute approximate surface area is 200 Å². The summed E-state index contributed by atoms with van der Waals surface area (Å²) in [6.07, 6.45) is 15.1. The summed E-state index contributed by atoms with van der Waals surface area (Å²) in [6.45, 7) is 15.9. The first kappa shape index (κ1) is 24.5. The molecule has 0 aliphatic heterocycles. The van der Waals surface area contributed by atoms with Crippen molar-refractivity contribution in [1.29, 1.82) is 0 Å². The molecule has 0 radical (unpaired) electrons. The third-order valence-corrected chi connectivity index (χ3v) is 11.2. The Hall–Kier alpha value is -1.64. The molecular formula is C30H44O3. The minimum atomic E-state index is -0.805. The third-order valence-electron chi connectivity index (χ3n) is 11.2. The molecule has 0 bridgehead atoms. The predicted octanol–water partition coefficient (Wildman–Crippen LogP) is 7.53. The Balaban J connectivity index is 1.63. The number of fused-ring (bicyclic) bond motifs is 4. The van der Waals surface area contributed by atoms with Gasteiger partial charge in [0.2, 0.25) is 0 Å². The Morgan fingerprint density at radius 1 is 1.12 bits per heavy atom. The molecule has 1 saturated carbocycles. The molecule has 0 spiro atoms. The van der Waals surface area contributed by atoms with Crippen molar-refractivity contribution in [1.82, 2.24) is 0 Å². The van der Waals surface area contributed by atoms with Gasteiger partial charge in [0.1, 0.15) is 0 Å². The summed E-state index contributed by atoms with van der Waals surface area (Å²) in [6, 6.07) is 0. The maximum Gasteiger partial charge on any atom is 0.330 e. The van der Waals surface area contributed by atoms with Gasteiger partial charge in [-0.05, 0) is 93.0 Å². The van der Waals surface area contributed by atoms with Gasteiger partial charge in [-0.2, -0.15) is 0 Å². The van der Waals surface area contributed by atoms with Crippen molar-refractivity contribution in [3.8, 4) is 0 Å². The first-order chi connectivity index (χ1) is 15.3. The molecule has 0 saturated heterocycles. The van der Waals surface area contributed by atoms with E-state index in [2.05, 4.69) is 47.6 Å². The number of hydrogen-bond donors (Lipinski definition) is 1.